The molecule has 1 saturated carbocycles. The number of thioether (sulfide) groups is 1. The molecule has 11 heteroatoms. The maximum absolute atomic E-state index is 13.5. The number of aryl methyl sites for hydroxylation is 1. The zero-order valence-electron chi connectivity index (χ0n) is 20.2. The number of aromatic nitrogens is 4. The summed E-state index contributed by atoms with van der Waals surface area (Å²) in [5.74, 6) is 1.76. The quantitative estimate of drug-likeness (QED) is 0.247. The van der Waals surface area contributed by atoms with E-state index in [1.807, 2.05) is 30.7 Å². The second-order valence-corrected chi connectivity index (χ2v) is 10.5. The van der Waals surface area contributed by atoms with E-state index in [-0.39, 0.29) is 36.1 Å². The summed E-state index contributed by atoms with van der Waals surface area (Å²) in [6.07, 6.45) is 0.325. The highest BCUT2D eigenvalue weighted by atomic mass is 35.5. The van der Waals surface area contributed by atoms with Crippen LogP contribution in [0.1, 0.15) is 42.0 Å². The van der Waals surface area contributed by atoms with Crippen molar-refractivity contribution in [1.29, 1.82) is 0 Å². The van der Waals surface area contributed by atoms with E-state index in [1.165, 1.54) is 12.1 Å². The van der Waals surface area contributed by atoms with Gasteiger partial charge in [0, 0.05) is 36.8 Å². The molecule has 3 heterocycles. The lowest BCUT2D eigenvalue weighted by Crippen LogP contribution is -2.23. The van der Waals surface area contributed by atoms with E-state index < -0.39 is 11.7 Å². The number of nitrogens with zero attached hydrogens (tertiary/aromatic N) is 5. The molecule has 0 radical (unpaired) electrons. The molecular weight excluding hydrogens is 530 g/mol. The van der Waals surface area contributed by atoms with Gasteiger partial charge < -0.3 is 9.47 Å². The first-order chi connectivity index (χ1) is 16.3. The van der Waals surface area contributed by atoms with Gasteiger partial charge in [-0.05, 0) is 74.4 Å². The smallest absolute Gasteiger partial charge is 0.305 e. The average molecular weight is 561 g/mol. The Bertz CT molecular complexity index is 1190. The number of hydrogen-bond acceptors (Lipinski definition) is 5. The van der Waals surface area contributed by atoms with Crippen LogP contribution in [-0.2, 0) is 13.2 Å². The van der Waals surface area contributed by atoms with Gasteiger partial charge in [0.2, 0.25) is 0 Å². The van der Waals surface area contributed by atoms with Crippen molar-refractivity contribution in [3.05, 3.63) is 59.4 Å². The highest BCUT2D eigenvalue weighted by Crippen LogP contribution is 2.65. The number of likely N-dealkylation sites (tertiary alicyclic amines) is 1. The molecule has 1 spiro atoms. The second-order valence-electron chi connectivity index (χ2n) is 9.43. The molecule has 0 unspecified atom stereocenters. The molecule has 3 aromatic rings. The Morgan fingerprint density at radius 3 is 2.64 bits per heavy atom. The number of rotatable bonds is 7. The van der Waals surface area contributed by atoms with Crippen molar-refractivity contribution in [3.8, 4) is 11.4 Å². The van der Waals surface area contributed by atoms with Crippen LogP contribution >= 0.6 is 36.6 Å². The summed E-state index contributed by atoms with van der Waals surface area (Å²) in [6, 6.07) is 10.0. The first kappa shape index (κ1) is 28.8. The number of halogens is 5. The summed E-state index contributed by atoms with van der Waals surface area (Å²) in [5.41, 5.74) is 1.95. The molecular formula is C25H30Cl2F3N5S. The number of benzene rings is 1. The first-order valence-corrected chi connectivity index (χ1v) is 12.6. The van der Waals surface area contributed by atoms with Gasteiger partial charge in [0.25, 0.3) is 0 Å². The molecule has 0 N–H and O–H groups in total. The molecule has 2 aliphatic rings. The first-order valence-electron chi connectivity index (χ1n) is 11.6. The van der Waals surface area contributed by atoms with E-state index in [1.54, 1.807) is 30.1 Å². The van der Waals surface area contributed by atoms with Gasteiger partial charge in [0.05, 0.1) is 5.56 Å². The van der Waals surface area contributed by atoms with E-state index in [0.717, 1.165) is 66.9 Å². The fraction of sp³-hybridized carbons (Fsp3) is 0.480. The maximum Gasteiger partial charge on any atom is 0.416 e. The van der Waals surface area contributed by atoms with Crippen molar-refractivity contribution in [1.82, 2.24) is 24.6 Å². The van der Waals surface area contributed by atoms with E-state index in [9.17, 15) is 13.2 Å². The minimum Gasteiger partial charge on any atom is -0.305 e. The predicted molar refractivity (Wildman–Crippen MR) is 141 cm³/mol. The van der Waals surface area contributed by atoms with Gasteiger partial charge in [0.1, 0.15) is 0 Å². The third-order valence-corrected chi connectivity index (χ3v) is 8.33. The monoisotopic (exact) mass is 559 g/mol. The van der Waals surface area contributed by atoms with Gasteiger partial charge in [-0.2, -0.15) is 13.2 Å². The highest BCUT2D eigenvalue weighted by molar-refractivity contribution is 7.99. The minimum atomic E-state index is -4.29. The maximum atomic E-state index is 13.5. The number of pyridine rings is 1. The normalized spacial score (nSPS) is 21.3. The van der Waals surface area contributed by atoms with Gasteiger partial charge in [-0.15, -0.1) is 35.0 Å². The Morgan fingerprint density at radius 1 is 1.11 bits per heavy atom. The molecule has 0 amide bonds. The van der Waals surface area contributed by atoms with Crippen molar-refractivity contribution < 1.29 is 13.2 Å². The Balaban J connectivity index is 0.00000180. The standard InChI is InChI=1S/C25H28F3N5S.2ClH/c1-17-18(8-5-11-29-17)22-30-31-23(32(22)2)34-14-6-12-33-13-10-24(16-33)15-21(24)19-7-3-4-9-20(19)25(26,27)28;;/h3-5,7-9,11,21H,6,10,12-16H2,1-2H3;2*1H/t21-,24-;;/m1../s1. The Hall–Kier alpha value is -1.81. The van der Waals surface area contributed by atoms with E-state index >= 15 is 0 Å². The van der Waals surface area contributed by atoms with Crippen molar-refractivity contribution in [2.45, 2.75) is 43.4 Å². The number of alkyl halides is 3. The minimum absolute atomic E-state index is 0. The van der Waals surface area contributed by atoms with Crippen molar-refractivity contribution >= 4 is 36.6 Å². The summed E-state index contributed by atoms with van der Waals surface area (Å²) in [7, 11) is 1.97. The number of hydrogen-bond donors (Lipinski definition) is 0. The summed E-state index contributed by atoms with van der Waals surface area (Å²) < 4.78 is 42.4. The molecule has 5 nitrogen and oxygen atoms in total. The lowest BCUT2D eigenvalue weighted by Gasteiger charge is -2.17. The predicted octanol–water partition coefficient (Wildman–Crippen LogP) is 6.41. The van der Waals surface area contributed by atoms with E-state index in [2.05, 4.69) is 20.1 Å². The molecule has 2 atom stereocenters. The average Bonchev–Trinajstić information content (AvgIpc) is 3.15. The topological polar surface area (TPSA) is 46.8 Å². The fourth-order valence-electron chi connectivity index (χ4n) is 5.32. The van der Waals surface area contributed by atoms with Crippen molar-refractivity contribution in [3.63, 3.8) is 0 Å². The SMILES string of the molecule is Cc1ncccc1-c1nnc(SCCCN2CC[C@@]3(C[C@@H]3c3ccccc3C(F)(F)F)C2)n1C.Cl.Cl. The molecule has 5 rings (SSSR count). The Morgan fingerprint density at radius 2 is 1.89 bits per heavy atom. The third kappa shape index (κ3) is 5.69. The molecule has 36 heavy (non-hydrogen) atoms. The van der Waals surface area contributed by atoms with Gasteiger partial charge in [-0.25, -0.2) is 0 Å². The molecule has 2 aromatic heterocycles. The molecule has 1 saturated heterocycles. The van der Waals surface area contributed by atoms with Crippen LogP contribution < -0.4 is 0 Å². The summed E-state index contributed by atoms with van der Waals surface area (Å²) in [4.78, 5) is 6.75. The van der Waals surface area contributed by atoms with Crippen LogP contribution in [0, 0.1) is 12.3 Å². The fourth-order valence-corrected chi connectivity index (χ4v) is 6.15. The largest absolute Gasteiger partial charge is 0.416 e. The van der Waals surface area contributed by atoms with Gasteiger partial charge in [-0.1, -0.05) is 30.0 Å². The lowest BCUT2D eigenvalue weighted by molar-refractivity contribution is -0.138. The summed E-state index contributed by atoms with van der Waals surface area (Å²) in [5, 5.41) is 9.58. The van der Waals surface area contributed by atoms with Crippen LogP contribution in [0.5, 0.6) is 0 Å². The van der Waals surface area contributed by atoms with Gasteiger partial charge in [-0.3, -0.25) is 4.98 Å². The molecule has 1 aliphatic heterocycles. The van der Waals surface area contributed by atoms with Crippen LogP contribution in [0.2, 0.25) is 0 Å². The van der Waals surface area contributed by atoms with E-state index in [0.29, 0.717) is 5.56 Å². The molecule has 1 aromatic carbocycles. The van der Waals surface area contributed by atoms with Crippen LogP contribution in [0.25, 0.3) is 11.4 Å². The zero-order valence-corrected chi connectivity index (χ0v) is 22.6. The molecule has 2 fully saturated rings. The van der Waals surface area contributed by atoms with Crippen LogP contribution in [0.3, 0.4) is 0 Å². The van der Waals surface area contributed by atoms with Crippen molar-refractivity contribution in [2.24, 2.45) is 12.5 Å². The lowest BCUT2D eigenvalue weighted by atomic mass is 9.95. The summed E-state index contributed by atoms with van der Waals surface area (Å²) >= 11 is 1.69. The molecule has 0 bridgehead atoms. The third-order valence-electron chi connectivity index (χ3n) is 7.23. The highest BCUT2D eigenvalue weighted by Gasteiger charge is 2.59. The van der Waals surface area contributed by atoms with Gasteiger partial charge >= 0.3 is 6.18 Å². The van der Waals surface area contributed by atoms with Crippen LogP contribution in [-0.4, -0.2) is 50.0 Å². The van der Waals surface area contributed by atoms with Gasteiger partial charge in [0.15, 0.2) is 11.0 Å². The van der Waals surface area contributed by atoms with Crippen LogP contribution in [0.4, 0.5) is 13.2 Å². The summed E-state index contributed by atoms with van der Waals surface area (Å²) in [6.45, 7) is 4.77. The molecule has 1 aliphatic carbocycles. The van der Waals surface area contributed by atoms with Crippen molar-refractivity contribution in [2.75, 3.05) is 25.4 Å². The molecule has 196 valence electrons. The Kier molecular flexibility index (Phi) is 9.02. The van der Waals surface area contributed by atoms with Crippen LogP contribution in [0.15, 0.2) is 47.8 Å². The second kappa shape index (κ2) is 11.3. The zero-order chi connectivity index (χ0) is 23.9. The van der Waals surface area contributed by atoms with E-state index in [4.69, 9.17) is 0 Å². The Labute approximate surface area is 226 Å².